The third kappa shape index (κ3) is 3.29. The average molecular weight is 253 g/mol. The van der Waals surface area contributed by atoms with Crippen molar-refractivity contribution in [2.75, 3.05) is 19.5 Å². The first kappa shape index (κ1) is 14.2. The lowest BCUT2D eigenvalue weighted by atomic mass is 10.0. The van der Waals surface area contributed by atoms with E-state index in [1.54, 1.807) is 32.4 Å². The summed E-state index contributed by atoms with van der Waals surface area (Å²) in [5.74, 6) is 0.283. The number of benzene rings is 1. The minimum Gasteiger partial charge on any atom is -0.493 e. The fourth-order valence-electron chi connectivity index (χ4n) is 1.62. The van der Waals surface area contributed by atoms with Gasteiger partial charge in [-0.05, 0) is 18.1 Å². The van der Waals surface area contributed by atoms with Crippen LogP contribution in [-0.2, 0) is 4.79 Å². The van der Waals surface area contributed by atoms with E-state index in [1.165, 1.54) is 0 Å². The highest BCUT2D eigenvalue weighted by atomic mass is 16.5. The van der Waals surface area contributed by atoms with E-state index in [0.717, 1.165) is 0 Å². The third-order valence-corrected chi connectivity index (χ3v) is 2.64. The second kappa shape index (κ2) is 6.14. The van der Waals surface area contributed by atoms with Crippen LogP contribution in [0.2, 0.25) is 0 Å². The zero-order valence-electron chi connectivity index (χ0n) is 11.1. The van der Waals surface area contributed by atoms with Crippen LogP contribution < -0.4 is 14.8 Å². The van der Waals surface area contributed by atoms with Crippen molar-refractivity contribution < 1.29 is 19.4 Å². The summed E-state index contributed by atoms with van der Waals surface area (Å²) < 4.78 is 10.3. The van der Waals surface area contributed by atoms with Crippen molar-refractivity contribution in [1.82, 2.24) is 0 Å². The molecule has 0 amide bonds. The summed E-state index contributed by atoms with van der Waals surface area (Å²) in [6.45, 7) is 3.71. The number of ether oxygens (including phenoxy) is 2. The van der Waals surface area contributed by atoms with Gasteiger partial charge in [0.15, 0.2) is 11.5 Å². The molecule has 0 bridgehead atoms. The molecule has 1 aromatic carbocycles. The Hall–Kier alpha value is -1.91. The molecule has 1 aromatic rings. The Morgan fingerprint density at radius 2 is 1.83 bits per heavy atom. The first-order chi connectivity index (χ1) is 8.49. The number of hydrogen-bond donors (Lipinski definition) is 2. The van der Waals surface area contributed by atoms with Gasteiger partial charge in [0.25, 0.3) is 0 Å². The van der Waals surface area contributed by atoms with Crippen LogP contribution >= 0.6 is 0 Å². The topological polar surface area (TPSA) is 67.8 Å². The van der Waals surface area contributed by atoms with Crippen LogP contribution in [0.3, 0.4) is 0 Å². The molecule has 18 heavy (non-hydrogen) atoms. The summed E-state index contributed by atoms with van der Waals surface area (Å²) in [5.41, 5.74) is 0.689. The zero-order valence-corrected chi connectivity index (χ0v) is 11.1. The number of anilines is 1. The Labute approximate surface area is 107 Å². The number of rotatable bonds is 6. The van der Waals surface area contributed by atoms with Gasteiger partial charge in [0.1, 0.15) is 6.04 Å². The highest BCUT2D eigenvalue weighted by Crippen LogP contribution is 2.30. The number of carboxylic acids is 1. The van der Waals surface area contributed by atoms with Crippen molar-refractivity contribution in [3.8, 4) is 11.5 Å². The first-order valence-electron chi connectivity index (χ1n) is 5.71. The Kier molecular flexibility index (Phi) is 4.83. The molecule has 5 heteroatoms. The second-order valence-corrected chi connectivity index (χ2v) is 4.27. The van der Waals surface area contributed by atoms with Gasteiger partial charge in [-0.2, -0.15) is 0 Å². The van der Waals surface area contributed by atoms with Gasteiger partial charge in [0.05, 0.1) is 14.2 Å². The molecule has 0 heterocycles. The Balaban J connectivity index is 2.93. The maximum Gasteiger partial charge on any atom is 0.326 e. The summed E-state index contributed by atoms with van der Waals surface area (Å²) in [4.78, 5) is 11.1. The van der Waals surface area contributed by atoms with E-state index in [-0.39, 0.29) is 5.92 Å². The molecule has 0 spiro atoms. The van der Waals surface area contributed by atoms with Crippen LogP contribution in [0.1, 0.15) is 13.8 Å². The summed E-state index contributed by atoms with van der Waals surface area (Å²) >= 11 is 0. The first-order valence-corrected chi connectivity index (χ1v) is 5.71. The van der Waals surface area contributed by atoms with Crippen molar-refractivity contribution in [3.63, 3.8) is 0 Å². The zero-order chi connectivity index (χ0) is 13.7. The summed E-state index contributed by atoms with van der Waals surface area (Å²) in [7, 11) is 3.10. The molecule has 0 saturated carbocycles. The SMILES string of the molecule is COc1ccc(N[C@H](C(=O)O)C(C)C)cc1OC. The maximum absolute atomic E-state index is 11.1. The molecule has 0 aliphatic heterocycles. The van der Waals surface area contributed by atoms with Crippen LogP contribution in [0.4, 0.5) is 5.69 Å². The standard InChI is InChI=1S/C13H19NO4/c1-8(2)12(13(15)16)14-9-5-6-10(17-3)11(7-9)18-4/h5-8,12,14H,1-4H3,(H,15,16)/t12-/m0/s1. The molecule has 100 valence electrons. The van der Waals surface area contributed by atoms with E-state index in [1.807, 2.05) is 13.8 Å². The molecule has 0 aromatic heterocycles. The third-order valence-electron chi connectivity index (χ3n) is 2.64. The molecule has 0 aliphatic rings. The molecular weight excluding hydrogens is 234 g/mol. The summed E-state index contributed by atoms with van der Waals surface area (Å²) in [6, 6.07) is 4.58. The van der Waals surface area contributed by atoms with Gasteiger partial charge in [-0.25, -0.2) is 4.79 Å². The van der Waals surface area contributed by atoms with E-state index in [9.17, 15) is 4.79 Å². The van der Waals surface area contributed by atoms with Gasteiger partial charge < -0.3 is 19.9 Å². The lowest BCUT2D eigenvalue weighted by molar-refractivity contribution is -0.138. The highest BCUT2D eigenvalue weighted by Gasteiger charge is 2.21. The van der Waals surface area contributed by atoms with E-state index in [2.05, 4.69) is 5.32 Å². The van der Waals surface area contributed by atoms with E-state index in [4.69, 9.17) is 14.6 Å². The van der Waals surface area contributed by atoms with Gasteiger partial charge in [0.2, 0.25) is 0 Å². The summed E-state index contributed by atoms with van der Waals surface area (Å²) in [5, 5.41) is 12.1. The molecule has 0 unspecified atom stereocenters. The normalized spacial score (nSPS) is 12.1. The molecule has 1 rings (SSSR count). The van der Waals surface area contributed by atoms with Crippen molar-refractivity contribution in [2.24, 2.45) is 5.92 Å². The number of carbonyl (C=O) groups is 1. The minimum absolute atomic E-state index is 0.0180. The largest absolute Gasteiger partial charge is 0.493 e. The van der Waals surface area contributed by atoms with Crippen LogP contribution in [0, 0.1) is 5.92 Å². The number of carboxylic acid groups (broad SMARTS) is 1. The molecule has 1 atom stereocenters. The van der Waals surface area contributed by atoms with Crippen molar-refractivity contribution >= 4 is 11.7 Å². The smallest absolute Gasteiger partial charge is 0.326 e. The lowest BCUT2D eigenvalue weighted by Gasteiger charge is -2.20. The minimum atomic E-state index is -0.875. The molecule has 0 aliphatic carbocycles. The van der Waals surface area contributed by atoms with Crippen molar-refractivity contribution in [2.45, 2.75) is 19.9 Å². The van der Waals surface area contributed by atoms with Crippen LogP contribution in [0.15, 0.2) is 18.2 Å². The van der Waals surface area contributed by atoms with Gasteiger partial charge in [-0.1, -0.05) is 13.8 Å². The monoisotopic (exact) mass is 253 g/mol. The fraction of sp³-hybridized carbons (Fsp3) is 0.462. The molecule has 0 saturated heterocycles. The van der Waals surface area contributed by atoms with Crippen LogP contribution in [0.25, 0.3) is 0 Å². The average Bonchev–Trinajstić information content (AvgIpc) is 2.34. The van der Waals surface area contributed by atoms with E-state index in [0.29, 0.717) is 17.2 Å². The van der Waals surface area contributed by atoms with Gasteiger partial charge in [0, 0.05) is 11.8 Å². The van der Waals surface area contributed by atoms with E-state index < -0.39 is 12.0 Å². The fourth-order valence-corrected chi connectivity index (χ4v) is 1.62. The van der Waals surface area contributed by atoms with Gasteiger partial charge in [-0.15, -0.1) is 0 Å². The van der Waals surface area contributed by atoms with Crippen LogP contribution in [-0.4, -0.2) is 31.3 Å². The quantitative estimate of drug-likeness (QED) is 0.813. The van der Waals surface area contributed by atoms with Crippen LogP contribution in [0.5, 0.6) is 11.5 Å². The molecule has 2 N–H and O–H groups in total. The number of aliphatic carboxylic acids is 1. The Bertz CT molecular complexity index is 417. The van der Waals surface area contributed by atoms with Gasteiger partial charge >= 0.3 is 5.97 Å². The summed E-state index contributed by atoms with van der Waals surface area (Å²) in [6.07, 6.45) is 0. The predicted molar refractivity (Wildman–Crippen MR) is 69.4 cm³/mol. The predicted octanol–water partition coefficient (Wildman–Crippen LogP) is 2.22. The molecule has 0 radical (unpaired) electrons. The Morgan fingerprint density at radius 1 is 1.22 bits per heavy atom. The van der Waals surface area contributed by atoms with Crippen molar-refractivity contribution in [1.29, 1.82) is 0 Å². The number of methoxy groups -OCH3 is 2. The molecule has 5 nitrogen and oxygen atoms in total. The second-order valence-electron chi connectivity index (χ2n) is 4.27. The van der Waals surface area contributed by atoms with E-state index >= 15 is 0 Å². The number of hydrogen-bond acceptors (Lipinski definition) is 4. The van der Waals surface area contributed by atoms with Gasteiger partial charge in [-0.3, -0.25) is 0 Å². The van der Waals surface area contributed by atoms with Crippen molar-refractivity contribution in [3.05, 3.63) is 18.2 Å². The Morgan fingerprint density at radius 3 is 2.28 bits per heavy atom. The highest BCUT2D eigenvalue weighted by molar-refractivity contribution is 5.78. The maximum atomic E-state index is 11.1. The molecule has 0 fully saturated rings. The lowest BCUT2D eigenvalue weighted by Crippen LogP contribution is -2.34. The molecular formula is C13H19NO4. The number of nitrogens with one attached hydrogen (secondary N) is 1.